The van der Waals surface area contributed by atoms with E-state index in [0.717, 1.165) is 21.0 Å². The van der Waals surface area contributed by atoms with E-state index in [1.807, 2.05) is 63.2 Å². The number of ether oxygens (including phenoxy) is 2. The summed E-state index contributed by atoms with van der Waals surface area (Å²) in [7, 11) is -1.23. The maximum atomic E-state index is 14.7. The lowest BCUT2D eigenvalue weighted by molar-refractivity contribution is -0.140. The average molecular weight is 737 g/mol. The number of hydrogen-bond donors (Lipinski definition) is 1. The molecule has 4 rings (SSSR count). The number of sulfonamides is 1. The number of nitrogens with one attached hydrogen (secondary N) is 1. The highest BCUT2D eigenvalue weighted by atomic mass is 79.9. The summed E-state index contributed by atoms with van der Waals surface area (Å²) < 4.78 is 41.0. The molecule has 0 aliphatic heterocycles. The highest BCUT2D eigenvalue weighted by molar-refractivity contribution is 9.10. The lowest BCUT2D eigenvalue weighted by Crippen LogP contribution is -2.54. The molecule has 4 aromatic carbocycles. The van der Waals surface area contributed by atoms with Crippen LogP contribution in [0.25, 0.3) is 0 Å². The van der Waals surface area contributed by atoms with E-state index in [1.54, 1.807) is 49.6 Å². The lowest BCUT2D eigenvalue weighted by atomic mass is 10.0. The Balaban J connectivity index is 1.83. The molecule has 0 fully saturated rings. The van der Waals surface area contributed by atoms with E-state index in [-0.39, 0.29) is 29.8 Å². The molecule has 0 saturated heterocycles. The number of anilines is 1. The number of carbonyl (C=O) groups is 2. The molecule has 0 saturated carbocycles. The summed E-state index contributed by atoms with van der Waals surface area (Å²) in [6, 6.07) is 27.0. The zero-order chi connectivity index (χ0) is 34.8. The molecular weight excluding hydrogens is 694 g/mol. The maximum absolute atomic E-state index is 14.7. The van der Waals surface area contributed by atoms with Crippen molar-refractivity contribution in [3.63, 3.8) is 0 Å². The number of carbonyl (C=O) groups excluding carboxylic acids is 2. The first-order valence-electron chi connectivity index (χ1n) is 15.7. The monoisotopic (exact) mass is 735 g/mol. The molecule has 0 bridgehead atoms. The number of benzene rings is 4. The van der Waals surface area contributed by atoms with Crippen molar-refractivity contribution >= 4 is 43.5 Å². The largest absolute Gasteiger partial charge is 0.497 e. The minimum Gasteiger partial charge on any atom is -0.497 e. The molecule has 4 aromatic rings. The first-order chi connectivity index (χ1) is 23.0. The number of aryl methyl sites for hydroxylation is 1. The predicted octanol–water partition coefficient (Wildman–Crippen LogP) is 6.52. The fourth-order valence-electron chi connectivity index (χ4n) is 5.14. The fraction of sp³-hybridized carbons (Fsp3) is 0.297. The normalized spacial score (nSPS) is 12.5. The molecule has 2 amide bonds. The molecule has 0 heterocycles. The third-order valence-corrected chi connectivity index (χ3v) is 10.5. The number of hydrogen-bond acceptors (Lipinski definition) is 6. The third kappa shape index (κ3) is 9.17. The van der Waals surface area contributed by atoms with Crippen LogP contribution in [0, 0.1) is 6.92 Å². The Labute approximate surface area is 292 Å². The van der Waals surface area contributed by atoms with Gasteiger partial charge in [0.25, 0.3) is 10.0 Å². The standard InChI is InChI=1S/C37H42BrN3O6S/c1-6-27(3)39-37(43)34(22-28-11-8-7-9-12-28)40(24-29-13-10-14-31(21-29)46-4)36(42)25-41(30-17-15-26(2)16-18-30)48(44,45)32-19-20-35(47-5)33(38)23-32/h7-21,23,27,34H,6,22,24-25H2,1-5H3,(H,39,43)/t27-,34-/m1/s1. The summed E-state index contributed by atoms with van der Waals surface area (Å²) in [6.45, 7) is 5.26. The van der Waals surface area contributed by atoms with E-state index < -0.39 is 28.5 Å². The van der Waals surface area contributed by atoms with Crippen LogP contribution >= 0.6 is 15.9 Å². The zero-order valence-electron chi connectivity index (χ0n) is 27.9. The van der Waals surface area contributed by atoms with Crippen LogP contribution in [0.15, 0.2) is 106 Å². The molecule has 2 atom stereocenters. The molecular formula is C37H42BrN3O6S. The second-order valence-corrected chi connectivity index (χ2v) is 14.3. The van der Waals surface area contributed by atoms with E-state index >= 15 is 0 Å². The summed E-state index contributed by atoms with van der Waals surface area (Å²) in [5, 5.41) is 3.05. The van der Waals surface area contributed by atoms with Gasteiger partial charge in [-0.05, 0) is 89.8 Å². The number of methoxy groups -OCH3 is 2. The van der Waals surface area contributed by atoms with Gasteiger partial charge in [0.2, 0.25) is 11.8 Å². The summed E-state index contributed by atoms with van der Waals surface area (Å²) in [5.41, 5.74) is 2.82. The molecule has 0 spiro atoms. The Hall–Kier alpha value is -4.35. The van der Waals surface area contributed by atoms with Gasteiger partial charge >= 0.3 is 0 Å². The van der Waals surface area contributed by atoms with Crippen LogP contribution in [0.2, 0.25) is 0 Å². The van der Waals surface area contributed by atoms with Crippen molar-refractivity contribution in [3.8, 4) is 11.5 Å². The van der Waals surface area contributed by atoms with Crippen LogP contribution in [0.4, 0.5) is 5.69 Å². The van der Waals surface area contributed by atoms with Gasteiger partial charge in [0.1, 0.15) is 24.1 Å². The van der Waals surface area contributed by atoms with Gasteiger partial charge in [0, 0.05) is 19.0 Å². The van der Waals surface area contributed by atoms with Gasteiger partial charge in [0.05, 0.1) is 29.3 Å². The maximum Gasteiger partial charge on any atom is 0.264 e. The first-order valence-corrected chi connectivity index (χ1v) is 17.9. The molecule has 0 aliphatic carbocycles. The summed E-state index contributed by atoms with van der Waals surface area (Å²) in [5.74, 6) is 0.188. The minimum atomic E-state index is -4.27. The highest BCUT2D eigenvalue weighted by Crippen LogP contribution is 2.31. The Kier molecular flexibility index (Phi) is 12.7. The van der Waals surface area contributed by atoms with Crippen LogP contribution in [0.5, 0.6) is 11.5 Å². The van der Waals surface area contributed by atoms with Crippen molar-refractivity contribution in [1.29, 1.82) is 0 Å². The number of halogens is 1. The summed E-state index contributed by atoms with van der Waals surface area (Å²) in [4.78, 5) is 30.1. The molecule has 0 unspecified atom stereocenters. The van der Waals surface area contributed by atoms with Gasteiger partial charge in [-0.2, -0.15) is 0 Å². The van der Waals surface area contributed by atoms with Crippen molar-refractivity contribution in [1.82, 2.24) is 10.2 Å². The molecule has 254 valence electrons. The van der Waals surface area contributed by atoms with Crippen molar-refractivity contribution in [3.05, 3.63) is 118 Å². The summed E-state index contributed by atoms with van der Waals surface area (Å²) in [6.07, 6.45) is 0.923. The first kappa shape index (κ1) is 36.5. The average Bonchev–Trinajstić information content (AvgIpc) is 3.09. The second-order valence-electron chi connectivity index (χ2n) is 11.5. The predicted molar refractivity (Wildman–Crippen MR) is 192 cm³/mol. The quantitative estimate of drug-likeness (QED) is 0.149. The van der Waals surface area contributed by atoms with Crippen LogP contribution < -0.4 is 19.1 Å². The molecule has 0 aromatic heterocycles. The fourth-order valence-corrected chi connectivity index (χ4v) is 7.27. The van der Waals surface area contributed by atoms with Gasteiger partial charge in [0.15, 0.2) is 0 Å². The van der Waals surface area contributed by atoms with Crippen LogP contribution in [-0.4, -0.2) is 58.0 Å². The highest BCUT2D eigenvalue weighted by Gasteiger charge is 2.35. The number of amides is 2. The molecule has 0 aliphatic rings. The van der Waals surface area contributed by atoms with Crippen molar-refractivity contribution in [2.75, 3.05) is 25.1 Å². The lowest BCUT2D eigenvalue weighted by Gasteiger charge is -2.34. The van der Waals surface area contributed by atoms with Gasteiger partial charge < -0.3 is 19.7 Å². The van der Waals surface area contributed by atoms with E-state index in [4.69, 9.17) is 9.47 Å². The molecule has 9 nitrogen and oxygen atoms in total. The number of rotatable bonds is 15. The van der Waals surface area contributed by atoms with Crippen molar-refractivity contribution in [2.24, 2.45) is 0 Å². The molecule has 48 heavy (non-hydrogen) atoms. The molecule has 11 heteroatoms. The van der Waals surface area contributed by atoms with Gasteiger partial charge in [-0.15, -0.1) is 0 Å². The Bertz CT molecular complexity index is 1800. The van der Waals surface area contributed by atoms with E-state index in [2.05, 4.69) is 21.2 Å². The molecule has 1 N–H and O–H groups in total. The van der Waals surface area contributed by atoms with Gasteiger partial charge in [-0.3, -0.25) is 13.9 Å². The topological polar surface area (TPSA) is 105 Å². The van der Waals surface area contributed by atoms with Gasteiger partial charge in [-0.1, -0.05) is 67.1 Å². The Morgan fingerprint density at radius 3 is 2.19 bits per heavy atom. The SMILES string of the molecule is CC[C@@H](C)NC(=O)[C@@H](Cc1ccccc1)N(Cc1cccc(OC)c1)C(=O)CN(c1ccc(C)cc1)S(=O)(=O)c1ccc(OC)c(Br)c1. The zero-order valence-corrected chi connectivity index (χ0v) is 30.3. The number of nitrogens with zero attached hydrogens (tertiary/aromatic N) is 2. The van der Waals surface area contributed by atoms with E-state index in [9.17, 15) is 18.0 Å². The van der Waals surface area contributed by atoms with Gasteiger partial charge in [-0.25, -0.2) is 8.42 Å². The third-order valence-electron chi connectivity index (χ3n) is 8.07. The minimum absolute atomic E-state index is 0.0294. The van der Waals surface area contributed by atoms with E-state index in [1.165, 1.54) is 24.1 Å². The smallest absolute Gasteiger partial charge is 0.264 e. The van der Waals surface area contributed by atoms with Crippen molar-refractivity contribution < 1.29 is 27.5 Å². The Morgan fingerprint density at radius 2 is 1.56 bits per heavy atom. The van der Waals surface area contributed by atoms with Crippen molar-refractivity contribution in [2.45, 2.75) is 57.1 Å². The second kappa shape index (κ2) is 16.7. The van der Waals surface area contributed by atoms with Crippen LogP contribution in [0.1, 0.15) is 37.0 Å². The summed E-state index contributed by atoms with van der Waals surface area (Å²) >= 11 is 3.39. The Morgan fingerprint density at radius 1 is 0.875 bits per heavy atom. The molecule has 0 radical (unpaired) electrons. The van der Waals surface area contributed by atoms with Crippen LogP contribution in [-0.2, 0) is 32.6 Å². The van der Waals surface area contributed by atoms with Crippen LogP contribution in [0.3, 0.4) is 0 Å². The van der Waals surface area contributed by atoms with E-state index in [0.29, 0.717) is 28.1 Å².